The number of amides is 1. The van der Waals surface area contributed by atoms with Crippen LogP contribution in [0.15, 0.2) is 23.6 Å². The molecule has 26 heavy (non-hydrogen) atoms. The molecule has 1 aromatic heterocycles. The summed E-state index contributed by atoms with van der Waals surface area (Å²) in [5.41, 5.74) is 7.24. The third-order valence-electron chi connectivity index (χ3n) is 4.50. The van der Waals surface area contributed by atoms with Crippen molar-refractivity contribution in [2.45, 2.75) is 25.3 Å². The van der Waals surface area contributed by atoms with Gasteiger partial charge in [0, 0.05) is 30.1 Å². The Bertz CT molecular complexity index is 771. The van der Waals surface area contributed by atoms with Gasteiger partial charge in [-0.05, 0) is 37.5 Å². The predicted molar refractivity (Wildman–Crippen MR) is 106 cm³/mol. The summed E-state index contributed by atoms with van der Waals surface area (Å²) in [5, 5.41) is 2.63. The lowest BCUT2D eigenvalue weighted by molar-refractivity contribution is 0.0618. The van der Waals surface area contributed by atoms with Crippen LogP contribution in [0.2, 0.25) is 0 Å². The fraction of sp³-hybridized carbons (Fsp3) is 0.412. The molecule has 1 unspecified atom stereocenters. The number of halogens is 2. The van der Waals surface area contributed by atoms with Gasteiger partial charge in [0.2, 0.25) is 6.79 Å². The molecule has 1 saturated heterocycles. The first-order valence-electron chi connectivity index (χ1n) is 8.13. The number of carbonyl (C=O) groups excluding carboxylic acids is 1. The van der Waals surface area contributed by atoms with Crippen LogP contribution in [0.4, 0.5) is 0 Å². The lowest BCUT2D eigenvalue weighted by atomic mass is 10.0. The normalized spacial score (nSPS) is 18.0. The summed E-state index contributed by atoms with van der Waals surface area (Å²) in [7, 11) is 0. The largest absolute Gasteiger partial charge is 0.454 e. The number of benzene rings is 1. The van der Waals surface area contributed by atoms with E-state index in [0.717, 1.165) is 47.9 Å². The smallest absolute Gasteiger partial charge is 0.273 e. The highest BCUT2D eigenvalue weighted by molar-refractivity contribution is 7.13. The maximum absolute atomic E-state index is 12.8. The minimum Gasteiger partial charge on any atom is -0.454 e. The van der Waals surface area contributed by atoms with E-state index in [-0.39, 0.29) is 43.6 Å². The van der Waals surface area contributed by atoms with Crippen molar-refractivity contribution in [1.82, 2.24) is 9.88 Å². The monoisotopic (exact) mass is 417 g/mol. The van der Waals surface area contributed by atoms with Crippen molar-refractivity contribution in [3.05, 3.63) is 29.3 Å². The minimum absolute atomic E-state index is 0. The number of aromatic nitrogens is 1. The first kappa shape index (κ1) is 20.8. The highest BCUT2D eigenvalue weighted by Gasteiger charge is 2.28. The molecule has 1 amide bonds. The number of rotatable bonds is 3. The van der Waals surface area contributed by atoms with Gasteiger partial charge >= 0.3 is 0 Å². The first-order chi connectivity index (χ1) is 11.8. The van der Waals surface area contributed by atoms with Gasteiger partial charge in [-0.25, -0.2) is 4.98 Å². The van der Waals surface area contributed by atoms with Crippen molar-refractivity contribution in [3.8, 4) is 22.1 Å². The van der Waals surface area contributed by atoms with Crippen LogP contribution < -0.4 is 15.2 Å². The SMILES string of the molecule is Cl.Cl.NCC1CCCCN1C(=O)c1csc(-c2ccc3c(c2)OCO3)n1. The summed E-state index contributed by atoms with van der Waals surface area (Å²) >= 11 is 1.46. The molecule has 0 radical (unpaired) electrons. The molecular weight excluding hydrogens is 397 g/mol. The zero-order chi connectivity index (χ0) is 16.5. The Balaban J connectivity index is 0.00000121. The van der Waals surface area contributed by atoms with E-state index >= 15 is 0 Å². The molecule has 0 aliphatic carbocycles. The van der Waals surface area contributed by atoms with E-state index in [1.165, 1.54) is 11.3 Å². The second-order valence-corrected chi connectivity index (χ2v) is 6.85. The maximum atomic E-state index is 12.8. The van der Waals surface area contributed by atoms with E-state index in [0.29, 0.717) is 12.2 Å². The molecule has 142 valence electrons. The van der Waals surface area contributed by atoms with Crippen LogP contribution >= 0.6 is 36.2 Å². The molecule has 2 aliphatic rings. The molecular formula is C17H21Cl2N3O3S. The van der Waals surface area contributed by atoms with Gasteiger partial charge < -0.3 is 20.1 Å². The summed E-state index contributed by atoms with van der Waals surface area (Å²) in [6.45, 7) is 1.51. The van der Waals surface area contributed by atoms with Crippen LogP contribution in [0.5, 0.6) is 11.5 Å². The van der Waals surface area contributed by atoms with Crippen LogP contribution in [0.1, 0.15) is 29.8 Å². The molecule has 6 nitrogen and oxygen atoms in total. The summed E-state index contributed by atoms with van der Waals surface area (Å²) < 4.78 is 10.7. The summed E-state index contributed by atoms with van der Waals surface area (Å²) in [5.74, 6) is 1.44. The van der Waals surface area contributed by atoms with Crippen molar-refractivity contribution >= 4 is 42.1 Å². The Kier molecular flexibility index (Phi) is 7.11. The third kappa shape index (κ3) is 3.91. The molecule has 2 N–H and O–H groups in total. The third-order valence-corrected chi connectivity index (χ3v) is 5.39. The van der Waals surface area contributed by atoms with E-state index in [9.17, 15) is 4.79 Å². The molecule has 0 saturated carbocycles. The summed E-state index contributed by atoms with van der Waals surface area (Å²) in [6.07, 6.45) is 3.13. The first-order valence-corrected chi connectivity index (χ1v) is 9.01. The highest BCUT2D eigenvalue weighted by atomic mass is 35.5. The molecule has 9 heteroatoms. The van der Waals surface area contributed by atoms with Crippen LogP contribution in [0, 0.1) is 0 Å². The number of carbonyl (C=O) groups is 1. The van der Waals surface area contributed by atoms with Gasteiger partial charge in [0.05, 0.1) is 0 Å². The van der Waals surface area contributed by atoms with Crippen molar-refractivity contribution in [1.29, 1.82) is 0 Å². The number of fused-ring (bicyclic) bond motifs is 1. The van der Waals surface area contributed by atoms with Gasteiger partial charge in [-0.15, -0.1) is 36.2 Å². The van der Waals surface area contributed by atoms with E-state index in [2.05, 4.69) is 4.98 Å². The Hall–Kier alpha value is -1.54. The second kappa shape index (κ2) is 8.90. The molecule has 1 fully saturated rings. The number of hydrogen-bond donors (Lipinski definition) is 1. The Morgan fingerprint density at radius 3 is 2.88 bits per heavy atom. The number of nitrogens with zero attached hydrogens (tertiary/aromatic N) is 2. The van der Waals surface area contributed by atoms with Crippen LogP contribution in [-0.4, -0.2) is 41.7 Å². The molecule has 1 atom stereocenters. The van der Waals surface area contributed by atoms with E-state index in [4.69, 9.17) is 15.2 Å². The lowest BCUT2D eigenvalue weighted by Gasteiger charge is -2.34. The van der Waals surface area contributed by atoms with Crippen LogP contribution in [0.25, 0.3) is 10.6 Å². The van der Waals surface area contributed by atoms with Crippen molar-refractivity contribution in [2.75, 3.05) is 19.9 Å². The predicted octanol–water partition coefficient (Wildman–Crippen LogP) is 3.34. The van der Waals surface area contributed by atoms with Gasteiger partial charge in [-0.3, -0.25) is 4.79 Å². The zero-order valence-electron chi connectivity index (χ0n) is 14.1. The second-order valence-electron chi connectivity index (χ2n) is 5.99. The summed E-state index contributed by atoms with van der Waals surface area (Å²) in [6, 6.07) is 5.83. The minimum atomic E-state index is -0.0200. The number of nitrogens with two attached hydrogens (primary N) is 1. The molecule has 2 aliphatic heterocycles. The van der Waals surface area contributed by atoms with Crippen LogP contribution in [0.3, 0.4) is 0 Å². The van der Waals surface area contributed by atoms with Gasteiger partial charge in [0.1, 0.15) is 10.7 Å². The number of likely N-dealkylation sites (tertiary alicyclic amines) is 1. The van der Waals surface area contributed by atoms with Gasteiger partial charge in [-0.1, -0.05) is 0 Å². The maximum Gasteiger partial charge on any atom is 0.273 e. The van der Waals surface area contributed by atoms with E-state index in [1.807, 2.05) is 28.5 Å². The van der Waals surface area contributed by atoms with Crippen LogP contribution in [-0.2, 0) is 0 Å². The zero-order valence-corrected chi connectivity index (χ0v) is 16.5. The standard InChI is InChI=1S/C17H19N3O3S.2ClH/c18-8-12-3-1-2-6-20(12)17(21)13-9-24-16(19-13)11-4-5-14-15(7-11)23-10-22-14;;/h4-5,7,9,12H,1-3,6,8,10,18H2;2*1H. The number of hydrogen-bond acceptors (Lipinski definition) is 6. The van der Waals surface area contributed by atoms with Crippen molar-refractivity contribution in [2.24, 2.45) is 5.73 Å². The molecule has 1 aromatic carbocycles. The molecule has 2 aromatic rings. The fourth-order valence-corrected chi connectivity index (χ4v) is 3.99. The molecule has 0 spiro atoms. The highest BCUT2D eigenvalue weighted by Crippen LogP contribution is 2.36. The van der Waals surface area contributed by atoms with E-state index < -0.39 is 0 Å². The van der Waals surface area contributed by atoms with E-state index in [1.54, 1.807) is 0 Å². The Morgan fingerprint density at radius 1 is 1.27 bits per heavy atom. The lowest BCUT2D eigenvalue weighted by Crippen LogP contribution is -2.47. The van der Waals surface area contributed by atoms with Gasteiger partial charge in [0.15, 0.2) is 11.5 Å². The average molecular weight is 418 g/mol. The van der Waals surface area contributed by atoms with Gasteiger partial charge in [-0.2, -0.15) is 0 Å². The quantitative estimate of drug-likeness (QED) is 0.828. The molecule has 3 heterocycles. The fourth-order valence-electron chi connectivity index (χ4n) is 3.19. The number of ether oxygens (including phenoxy) is 2. The Morgan fingerprint density at radius 2 is 2.08 bits per heavy atom. The summed E-state index contributed by atoms with van der Waals surface area (Å²) in [4.78, 5) is 19.2. The van der Waals surface area contributed by atoms with Crippen molar-refractivity contribution < 1.29 is 14.3 Å². The van der Waals surface area contributed by atoms with Gasteiger partial charge in [0.25, 0.3) is 5.91 Å². The topological polar surface area (TPSA) is 77.7 Å². The Labute approximate surface area is 168 Å². The number of piperidine rings is 1. The number of thiazole rings is 1. The average Bonchev–Trinajstić information content (AvgIpc) is 3.29. The van der Waals surface area contributed by atoms with Crippen molar-refractivity contribution in [3.63, 3.8) is 0 Å². The molecule has 4 rings (SSSR count). The molecule has 0 bridgehead atoms.